The summed E-state index contributed by atoms with van der Waals surface area (Å²) in [4.78, 5) is 4.36. The van der Waals surface area contributed by atoms with Crippen molar-refractivity contribution >= 4 is 23.0 Å². The van der Waals surface area contributed by atoms with E-state index in [1.807, 2.05) is 72.8 Å². The Kier molecular flexibility index (Phi) is 20.4. The van der Waals surface area contributed by atoms with Crippen LogP contribution >= 0.6 is 0 Å². The molecule has 0 bridgehead atoms. The fourth-order valence-corrected chi connectivity index (χ4v) is 3.84. The van der Waals surface area contributed by atoms with Gasteiger partial charge in [-0.2, -0.15) is 0 Å². The molecule has 0 amide bonds. The molecule has 7 nitrogen and oxygen atoms in total. The average molecular weight is 664 g/mol. The molecular formula is C38H48N2O5V. The molecule has 5 rings (SSSR count). The second-order valence-electron chi connectivity index (χ2n) is 10.8. The van der Waals surface area contributed by atoms with Crippen LogP contribution in [0.3, 0.4) is 0 Å². The number of hydrogen-bond acceptors (Lipinski definition) is 7. The average Bonchev–Trinajstić information content (AvgIpc) is 3.69. The topological polar surface area (TPSA) is 96.6 Å². The van der Waals surface area contributed by atoms with Gasteiger partial charge in [0.25, 0.3) is 0 Å². The molecule has 4 aromatic carbocycles. The minimum Gasteiger partial charge on any atom is -0.504 e. The maximum Gasteiger partial charge on any atom is 0.165 e. The summed E-state index contributed by atoms with van der Waals surface area (Å²) in [6.07, 6.45) is 2.56. The van der Waals surface area contributed by atoms with E-state index in [1.165, 1.54) is 12.8 Å². The Morgan fingerprint density at radius 1 is 0.457 bits per heavy atom. The second-order valence-corrected chi connectivity index (χ2v) is 10.8. The molecule has 0 unspecified atom stereocenters. The van der Waals surface area contributed by atoms with Crippen molar-refractivity contribution in [2.24, 2.45) is 0 Å². The zero-order valence-electron chi connectivity index (χ0n) is 27.3. The second kappa shape index (κ2) is 23.4. The summed E-state index contributed by atoms with van der Waals surface area (Å²) in [5.74, 6) is -0.419. The monoisotopic (exact) mass is 663 g/mol. The molecule has 1 fully saturated rings. The summed E-state index contributed by atoms with van der Waals surface area (Å²) in [5.41, 5.74) is 2.40. The Morgan fingerprint density at radius 2 is 0.674 bits per heavy atom. The van der Waals surface area contributed by atoms with Crippen molar-refractivity contribution in [2.45, 2.75) is 12.8 Å². The predicted molar refractivity (Wildman–Crippen MR) is 187 cm³/mol. The normalized spacial score (nSPS) is 12.9. The third-order valence-corrected chi connectivity index (χ3v) is 6.46. The van der Waals surface area contributed by atoms with E-state index in [1.54, 1.807) is 48.5 Å². The van der Waals surface area contributed by atoms with Crippen molar-refractivity contribution in [2.75, 3.05) is 54.5 Å². The molecule has 1 radical (unpaired) electrons. The first-order valence-electron chi connectivity index (χ1n) is 15.0. The molecule has 0 spiro atoms. The molecule has 1 aliphatic rings. The summed E-state index contributed by atoms with van der Waals surface area (Å²) < 4.78 is 4.94. The van der Waals surface area contributed by atoms with Crippen LogP contribution < -0.4 is 0 Å². The first kappa shape index (κ1) is 40.0. The van der Waals surface area contributed by atoms with E-state index in [0.717, 1.165) is 26.3 Å². The number of nitrogens with zero attached hydrogens (tertiary/aromatic N) is 2. The molecule has 1 aliphatic heterocycles. The molecule has 0 atom stereocenters. The van der Waals surface area contributed by atoms with Gasteiger partial charge in [-0.1, -0.05) is 121 Å². The van der Waals surface area contributed by atoms with Crippen LogP contribution in [-0.2, 0) is 23.3 Å². The van der Waals surface area contributed by atoms with Crippen molar-refractivity contribution < 1.29 is 43.7 Å². The predicted octanol–water partition coefficient (Wildman–Crippen LogP) is 8.16. The van der Waals surface area contributed by atoms with E-state index in [0.29, 0.717) is 22.3 Å². The van der Waals surface area contributed by atoms with E-state index in [4.69, 9.17) is 4.74 Å². The zero-order valence-corrected chi connectivity index (χ0v) is 28.7. The molecule has 4 N–H and O–H groups in total. The number of benzene rings is 4. The van der Waals surface area contributed by atoms with Crippen LogP contribution in [0.1, 0.15) is 35.1 Å². The summed E-state index contributed by atoms with van der Waals surface area (Å²) in [6.45, 7) is 4.29. The molecule has 46 heavy (non-hydrogen) atoms. The number of aliphatic hydroxyl groups is 4. The minimum absolute atomic E-state index is 0. The number of hydrogen-bond donors (Lipinski definition) is 4. The molecule has 0 saturated carbocycles. The van der Waals surface area contributed by atoms with E-state index in [-0.39, 0.29) is 41.6 Å². The van der Waals surface area contributed by atoms with Crippen LogP contribution in [0.2, 0.25) is 0 Å². The van der Waals surface area contributed by atoms with Crippen molar-refractivity contribution in [1.82, 2.24) is 9.80 Å². The molecule has 0 aliphatic carbocycles. The van der Waals surface area contributed by atoms with Crippen LogP contribution in [0.5, 0.6) is 0 Å². The van der Waals surface area contributed by atoms with Gasteiger partial charge in [0.1, 0.15) is 0 Å². The summed E-state index contributed by atoms with van der Waals surface area (Å²) in [6, 6.07) is 35.9. The maximum absolute atomic E-state index is 9.87. The standard InChI is InChI=1S/2C14H12O2.C6H16N2.C4H8O.V/c2*15-13(11-7-3-1-4-8-11)14(16)12-9-5-2-6-10-12;1-7(2)5-6-8(3)4;1-2-4-5-3-1;/h2*1-10,15-16H;5-6H2,1-4H3;1-4H2;/b2*14-13-;;;. The van der Waals surface area contributed by atoms with E-state index in [9.17, 15) is 20.4 Å². The molecule has 0 aromatic heterocycles. The number of likely N-dealkylation sites (N-methyl/N-ethyl adjacent to an activating group) is 2. The maximum atomic E-state index is 9.87. The van der Waals surface area contributed by atoms with Gasteiger partial charge < -0.3 is 35.0 Å². The third kappa shape index (κ3) is 15.8. The Balaban J connectivity index is 0.000000331. The van der Waals surface area contributed by atoms with Crippen LogP contribution in [0.25, 0.3) is 23.0 Å². The van der Waals surface area contributed by atoms with E-state index in [2.05, 4.69) is 38.0 Å². The van der Waals surface area contributed by atoms with Crippen LogP contribution in [0.15, 0.2) is 121 Å². The van der Waals surface area contributed by atoms with Gasteiger partial charge in [-0.25, -0.2) is 0 Å². The van der Waals surface area contributed by atoms with Crippen LogP contribution in [-0.4, -0.2) is 84.7 Å². The van der Waals surface area contributed by atoms with Crippen molar-refractivity contribution in [3.8, 4) is 0 Å². The minimum atomic E-state index is -0.105. The van der Waals surface area contributed by atoms with Gasteiger partial charge in [0, 0.05) is 67.1 Å². The largest absolute Gasteiger partial charge is 0.504 e. The van der Waals surface area contributed by atoms with Crippen LogP contribution in [0, 0.1) is 0 Å². The number of rotatable bonds is 7. The van der Waals surface area contributed by atoms with Gasteiger partial charge in [0.15, 0.2) is 23.0 Å². The molecule has 8 heteroatoms. The van der Waals surface area contributed by atoms with E-state index < -0.39 is 0 Å². The Hall–Kier alpha value is -3.98. The van der Waals surface area contributed by atoms with Gasteiger partial charge >= 0.3 is 0 Å². The molecular weight excluding hydrogens is 615 g/mol. The summed E-state index contributed by atoms with van der Waals surface area (Å²) in [7, 11) is 8.35. The first-order valence-corrected chi connectivity index (χ1v) is 15.0. The van der Waals surface area contributed by atoms with Crippen molar-refractivity contribution in [3.05, 3.63) is 144 Å². The molecule has 4 aromatic rings. The smallest absolute Gasteiger partial charge is 0.165 e. The molecule has 245 valence electrons. The van der Waals surface area contributed by atoms with Gasteiger partial charge in [-0.15, -0.1) is 0 Å². The van der Waals surface area contributed by atoms with Gasteiger partial charge in [0.2, 0.25) is 0 Å². The Labute approximate surface area is 286 Å². The fourth-order valence-electron chi connectivity index (χ4n) is 3.84. The fraction of sp³-hybridized carbons (Fsp3) is 0.263. The van der Waals surface area contributed by atoms with Crippen molar-refractivity contribution in [3.63, 3.8) is 0 Å². The quantitative estimate of drug-likeness (QED) is 0.117. The number of aliphatic hydroxyl groups excluding tert-OH is 4. The van der Waals surface area contributed by atoms with Gasteiger partial charge in [-0.05, 0) is 41.0 Å². The molecule has 1 saturated heterocycles. The molecule has 1 heterocycles. The Morgan fingerprint density at radius 3 is 0.826 bits per heavy atom. The van der Waals surface area contributed by atoms with Crippen molar-refractivity contribution in [1.29, 1.82) is 0 Å². The summed E-state index contributed by atoms with van der Waals surface area (Å²) >= 11 is 0. The first-order chi connectivity index (χ1) is 21.7. The van der Waals surface area contributed by atoms with Gasteiger partial charge in [0.05, 0.1) is 0 Å². The third-order valence-electron chi connectivity index (χ3n) is 6.46. The van der Waals surface area contributed by atoms with E-state index >= 15 is 0 Å². The number of ether oxygens (including phenoxy) is 1. The van der Waals surface area contributed by atoms with Crippen LogP contribution in [0.4, 0.5) is 0 Å². The summed E-state index contributed by atoms with van der Waals surface area (Å²) in [5, 5.41) is 39.5. The zero-order chi connectivity index (χ0) is 32.9. The SMILES string of the molecule is C1CCOC1.CN(C)CCN(C)C.O/C(=C(\O)c1ccccc1)c1ccccc1.O/C(=C(\O)c1ccccc1)c1ccccc1.[V]. The van der Waals surface area contributed by atoms with Gasteiger partial charge in [-0.3, -0.25) is 0 Å². The Bertz CT molecular complexity index is 1190.